The number of amidine groups is 1. The fourth-order valence-corrected chi connectivity index (χ4v) is 3.26. The molecule has 204 valence electrons. The van der Waals surface area contributed by atoms with E-state index in [0.717, 1.165) is 57.2 Å². The van der Waals surface area contributed by atoms with Gasteiger partial charge >= 0.3 is 0 Å². The highest BCUT2D eigenvalue weighted by atomic mass is 16.1. The van der Waals surface area contributed by atoms with Crippen LogP contribution in [0, 0.1) is 5.41 Å². The Bertz CT molecular complexity index is 749. The summed E-state index contributed by atoms with van der Waals surface area (Å²) in [5.41, 5.74) is 17.8. The summed E-state index contributed by atoms with van der Waals surface area (Å²) in [7, 11) is 1.68. The van der Waals surface area contributed by atoms with Crippen LogP contribution >= 0.6 is 0 Å². The first-order chi connectivity index (χ1) is 17.4. The van der Waals surface area contributed by atoms with Crippen molar-refractivity contribution in [3.63, 3.8) is 0 Å². The second-order valence-corrected chi connectivity index (χ2v) is 8.74. The number of carbonyl (C=O) groups is 1. The average Bonchev–Trinajstić information content (AvgIpc) is 2.89. The van der Waals surface area contributed by atoms with Gasteiger partial charge in [0.25, 0.3) is 0 Å². The van der Waals surface area contributed by atoms with Gasteiger partial charge in [-0.15, -0.1) is 0 Å². The number of hydrogen-bond acceptors (Lipinski definition) is 4. The number of ketones is 1. The lowest BCUT2D eigenvalue weighted by molar-refractivity contribution is 0.101. The Morgan fingerprint density at radius 2 is 1.47 bits per heavy atom. The number of benzene rings is 1. The predicted octanol–water partition coefficient (Wildman–Crippen LogP) is 4.50. The molecule has 1 aromatic rings. The molecule has 0 aliphatic carbocycles. The van der Waals surface area contributed by atoms with E-state index in [0.29, 0.717) is 24.2 Å². The van der Waals surface area contributed by atoms with Gasteiger partial charge in [-0.3, -0.25) is 31.0 Å². The van der Waals surface area contributed by atoms with Crippen LogP contribution in [0.2, 0.25) is 0 Å². The second-order valence-electron chi connectivity index (χ2n) is 8.74. The van der Waals surface area contributed by atoms with Crippen molar-refractivity contribution in [1.29, 1.82) is 5.41 Å². The highest BCUT2D eigenvalue weighted by Crippen LogP contribution is 2.05. The van der Waals surface area contributed by atoms with Gasteiger partial charge in [0, 0.05) is 32.1 Å². The summed E-state index contributed by atoms with van der Waals surface area (Å²) in [6, 6.07) is 9.23. The van der Waals surface area contributed by atoms with Crippen molar-refractivity contribution >= 4 is 23.5 Å². The van der Waals surface area contributed by atoms with Gasteiger partial charge in [0.05, 0.1) is 0 Å². The van der Waals surface area contributed by atoms with Crippen LogP contribution in [0.5, 0.6) is 0 Å². The van der Waals surface area contributed by atoms with Crippen LogP contribution in [-0.2, 0) is 0 Å². The zero-order valence-corrected chi connectivity index (χ0v) is 22.7. The van der Waals surface area contributed by atoms with E-state index >= 15 is 0 Å². The maximum Gasteiger partial charge on any atom is 0.207 e. The molecular weight excluding hydrogens is 452 g/mol. The maximum atomic E-state index is 10.6. The number of nitrogens with zero attached hydrogens (tertiary/aromatic N) is 2. The Labute approximate surface area is 218 Å². The third-order valence-corrected chi connectivity index (χ3v) is 5.47. The van der Waals surface area contributed by atoms with Crippen LogP contribution in [0.1, 0.15) is 101 Å². The largest absolute Gasteiger partial charge is 0.370 e. The van der Waals surface area contributed by atoms with Crippen LogP contribution in [0.25, 0.3) is 0 Å². The summed E-state index contributed by atoms with van der Waals surface area (Å²) in [6.07, 6.45) is 13.7. The fraction of sp³-hybridized carbons (Fsp3) is 0.630. The molecule has 0 heterocycles. The van der Waals surface area contributed by atoms with Gasteiger partial charge in [-0.2, -0.15) is 0 Å². The third kappa shape index (κ3) is 21.4. The van der Waals surface area contributed by atoms with E-state index in [1.54, 1.807) is 14.0 Å². The number of unbranched alkanes of at least 4 members (excludes halogenated alkanes) is 9. The quantitative estimate of drug-likeness (QED) is 0.0643. The highest BCUT2D eigenvalue weighted by molar-refractivity contribution is 5.93. The maximum absolute atomic E-state index is 10.6. The molecule has 0 amide bonds. The van der Waals surface area contributed by atoms with Crippen LogP contribution in [0.15, 0.2) is 40.3 Å². The standard InChI is InChI=1S/C19H42N8.C8H8O/c1-3-4-5-6-9-13-16-25-19(22)27-26-17(20)14-11-8-7-10-12-15-24-18(21)23-2;1-7(9)8-5-3-2-4-6-8/h3-16H2,1-2H3,(H2,20,26)(H3,21,23,24)(H3,22,25,27);2-6H,1H3. The Morgan fingerprint density at radius 1 is 0.861 bits per heavy atom. The van der Waals surface area contributed by atoms with Gasteiger partial charge in [-0.05, 0) is 26.2 Å². The lowest BCUT2D eigenvalue weighted by Gasteiger charge is -2.10. The summed E-state index contributed by atoms with van der Waals surface area (Å²) in [5.74, 6) is 1.42. The summed E-state index contributed by atoms with van der Waals surface area (Å²) < 4.78 is 0. The molecule has 1 aromatic carbocycles. The van der Waals surface area contributed by atoms with Gasteiger partial charge in [0.15, 0.2) is 11.7 Å². The van der Waals surface area contributed by atoms with E-state index < -0.39 is 0 Å². The topological polar surface area (TPSA) is 154 Å². The number of carbonyl (C=O) groups excluding carboxylic acids is 1. The van der Waals surface area contributed by atoms with Crippen molar-refractivity contribution in [2.75, 3.05) is 20.1 Å². The van der Waals surface area contributed by atoms with Crippen LogP contribution in [-0.4, -0.2) is 43.7 Å². The lowest BCUT2D eigenvalue weighted by atomic mass is 10.1. The second kappa shape index (κ2) is 23.6. The molecule has 0 aliphatic rings. The molecule has 9 heteroatoms. The van der Waals surface area contributed by atoms with E-state index in [1.165, 1.54) is 32.1 Å². The average molecular weight is 503 g/mol. The highest BCUT2D eigenvalue weighted by Gasteiger charge is 1.98. The van der Waals surface area contributed by atoms with Gasteiger partial charge in [-0.1, -0.05) is 88.6 Å². The molecule has 0 spiro atoms. The van der Waals surface area contributed by atoms with E-state index in [4.69, 9.17) is 16.9 Å². The van der Waals surface area contributed by atoms with Crippen LogP contribution < -0.4 is 27.6 Å². The molecule has 0 fully saturated rings. The predicted molar refractivity (Wildman–Crippen MR) is 154 cm³/mol. The van der Waals surface area contributed by atoms with Gasteiger partial charge in [0.1, 0.15) is 5.84 Å². The zero-order valence-electron chi connectivity index (χ0n) is 22.7. The molecule has 0 aliphatic heterocycles. The summed E-state index contributed by atoms with van der Waals surface area (Å²) in [5, 5.41) is 10.9. The smallest absolute Gasteiger partial charge is 0.207 e. The van der Waals surface area contributed by atoms with E-state index in [2.05, 4.69) is 33.1 Å². The number of aliphatic imine (C=N–C) groups is 2. The molecular formula is C27H50N8O. The first-order valence-corrected chi connectivity index (χ1v) is 13.3. The van der Waals surface area contributed by atoms with E-state index in [-0.39, 0.29) is 5.78 Å². The summed E-state index contributed by atoms with van der Waals surface area (Å²) in [4.78, 5) is 18.8. The minimum absolute atomic E-state index is 0.121. The number of rotatable bonds is 16. The lowest BCUT2D eigenvalue weighted by Crippen LogP contribution is -2.45. The number of hydrogen-bond donors (Lipinski definition) is 6. The Kier molecular flexibility index (Phi) is 21.6. The summed E-state index contributed by atoms with van der Waals surface area (Å²) >= 11 is 0. The molecule has 1 rings (SSSR count). The van der Waals surface area contributed by atoms with Gasteiger partial charge in [-0.25, -0.2) is 0 Å². The molecule has 0 saturated carbocycles. The molecule has 0 atom stereocenters. The molecule has 0 aromatic heterocycles. The monoisotopic (exact) mass is 502 g/mol. The molecule has 0 saturated heterocycles. The molecule has 36 heavy (non-hydrogen) atoms. The minimum Gasteiger partial charge on any atom is -0.370 e. The zero-order chi connectivity index (χ0) is 26.9. The molecule has 9 nitrogen and oxygen atoms in total. The van der Waals surface area contributed by atoms with Crippen LogP contribution in [0.4, 0.5) is 0 Å². The fourth-order valence-electron chi connectivity index (χ4n) is 3.26. The third-order valence-electron chi connectivity index (χ3n) is 5.47. The minimum atomic E-state index is 0.121. The number of guanidine groups is 2. The van der Waals surface area contributed by atoms with Crippen molar-refractivity contribution in [2.45, 2.75) is 90.9 Å². The number of hydrazine groups is 1. The van der Waals surface area contributed by atoms with Gasteiger partial charge < -0.3 is 16.8 Å². The SMILES string of the molecule is CC(=O)c1ccccc1.CCCCCCCCN=C(N)NNC(=N)CCCCCCCNC(N)=NC. The first kappa shape index (κ1) is 32.9. The summed E-state index contributed by atoms with van der Waals surface area (Å²) in [6.45, 7) is 5.39. The van der Waals surface area contributed by atoms with Crippen molar-refractivity contribution in [1.82, 2.24) is 16.2 Å². The van der Waals surface area contributed by atoms with Crippen LogP contribution in [0.3, 0.4) is 0 Å². The number of nitrogens with two attached hydrogens (primary N) is 2. The van der Waals surface area contributed by atoms with E-state index in [1.807, 2.05) is 30.3 Å². The van der Waals surface area contributed by atoms with Crippen molar-refractivity contribution in [3.8, 4) is 0 Å². The van der Waals surface area contributed by atoms with E-state index in [9.17, 15) is 4.79 Å². The number of Topliss-reactive ketones (excluding diaryl/α,β-unsaturated/α-hetero) is 1. The van der Waals surface area contributed by atoms with Crippen molar-refractivity contribution < 1.29 is 4.79 Å². The Balaban J connectivity index is 0.00000113. The number of nitrogens with one attached hydrogen (secondary N) is 4. The molecule has 0 radical (unpaired) electrons. The van der Waals surface area contributed by atoms with Crippen molar-refractivity contribution in [3.05, 3.63) is 35.9 Å². The molecule has 8 N–H and O–H groups in total. The Morgan fingerprint density at radius 3 is 2.08 bits per heavy atom. The Hall–Kier alpha value is -3.10. The normalized spacial score (nSPS) is 11.3. The van der Waals surface area contributed by atoms with Gasteiger partial charge in [0.2, 0.25) is 5.96 Å². The first-order valence-electron chi connectivity index (χ1n) is 13.3. The molecule has 0 bridgehead atoms. The molecule has 0 unspecified atom stereocenters. The van der Waals surface area contributed by atoms with Crippen molar-refractivity contribution in [2.24, 2.45) is 21.5 Å².